The molecule has 1 spiro atoms. The van der Waals surface area contributed by atoms with Crippen LogP contribution in [0.25, 0.3) is 0 Å². The van der Waals surface area contributed by atoms with E-state index in [4.69, 9.17) is 0 Å². The fourth-order valence-electron chi connectivity index (χ4n) is 6.19. The summed E-state index contributed by atoms with van der Waals surface area (Å²) in [6.45, 7) is 0. The molecule has 0 saturated heterocycles. The van der Waals surface area contributed by atoms with Crippen molar-refractivity contribution in [3.63, 3.8) is 0 Å². The predicted octanol–water partition coefficient (Wildman–Crippen LogP) is 3.61. The Morgan fingerprint density at radius 1 is 0.462 bits per heavy atom. The van der Waals surface area contributed by atoms with Crippen molar-refractivity contribution in [2.24, 2.45) is 29.1 Å². The highest BCUT2D eigenvalue weighted by molar-refractivity contribution is 5.14. The van der Waals surface area contributed by atoms with E-state index in [0.29, 0.717) is 0 Å². The van der Waals surface area contributed by atoms with E-state index in [1.807, 2.05) is 0 Å². The summed E-state index contributed by atoms with van der Waals surface area (Å²) in [4.78, 5) is 0. The van der Waals surface area contributed by atoms with Crippen LogP contribution < -0.4 is 0 Å². The average Bonchev–Trinajstić information content (AvgIpc) is 2.68. The molecule has 0 heterocycles. The lowest BCUT2D eigenvalue weighted by molar-refractivity contribution is 0.117. The van der Waals surface area contributed by atoms with Gasteiger partial charge < -0.3 is 0 Å². The quantitative estimate of drug-likeness (QED) is 0.529. The van der Waals surface area contributed by atoms with Crippen LogP contribution >= 0.6 is 0 Å². The topological polar surface area (TPSA) is 0 Å². The van der Waals surface area contributed by atoms with Gasteiger partial charge in [0.25, 0.3) is 0 Å². The van der Waals surface area contributed by atoms with Gasteiger partial charge >= 0.3 is 0 Å². The number of hydrogen-bond acceptors (Lipinski definition) is 0. The summed E-state index contributed by atoms with van der Waals surface area (Å²) in [5.41, 5.74) is 0.944. The molecule has 4 rings (SSSR count). The van der Waals surface area contributed by atoms with Gasteiger partial charge in [0.1, 0.15) is 0 Å². The lowest BCUT2D eigenvalue weighted by Crippen LogP contribution is -2.31. The Morgan fingerprint density at radius 3 is 0.923 bits per heavy atom. The maximum absolute atomic E-state index is 1.61. The molecule has 0 aromatic heterocycles. The van der Waals surface area contributed by atoms with Crippen molar-refractivity contribution in [2.75, 3.05) is 0 Å². The molecule has 0 atom stereocenters. The second-order valence-corrected chi connectivity index (χ2v) is 6.10. The van der Waals surface area contributed by atoms with Gasteiger partial charge in [0.15, 0.2) is 0 Å². The Labute approximate surface area is 81.1 Å². The molecule has 0 aromatic rings. The second-order valence-electron chi connectivity index (χ2n) is 6.10. The van der Waals surface area contributed by atoms with E-state index in [9.17, 15) is 0 Å². The van der Waals surface area contributed by atoms with Crippen LogP contribution in [0.2, 0.25) is 0 Å². The van der Waals surface area contributed by atoms with Crippen molar-refractivity contribution in [3.8, 4) is 0 Å². The first kappa shape index (κ1) is 7.31. The standard InChI is InChI=1S/C13H20/c1-2-10-5-6-12-8-7-11-4-3-9(1)13(10,11)12/h9-12H,1-8H2. The van der Waals surface area contributed by atoms with Crippen molar-refractivity contribution >= 4 is 0 Å². The van der Waals surface area contributed by atoms with Crippen LogP contribution in [-0.4, -0.2) is 0 Å². The average molecular weight is 176 g/mol. The maximum atomic E-state index is 1.61. The summed E-state index contributed by atoms with van der Waals surface area (Å²) in [5.74, 6) is 4.77. The largest absolute Gasteiger partial charge is 0.0496 e. The molecule has 4 aliphatic carbocycles. The predicted molar refractivity (Wildman–Crippen MR) is 53.3 cm³/mol. The first-order valence-corrected chi connectivity index (χ1v) is 6.42. The van der Waals surface area contributed by atoms with Crippen LogP contribution in [0.4, 0.5) is 0 Å². The molecule has 4 aliphatic rings. The Kier molecular flexibility index (Phi) is 1.21. The highest BCUT2D eigenvalue weighted by Gasteiger charge is 2.65. The van der Waals surface area contributed by atoms with Gasteiger partial charge in [-0.05, 0) is 80.5 Å². The maximum Gasteiger partial charge on any atom is -0.0184 e. The van der Waals surface area contributed by atoms with Crippen LogP contribution in [0.5, 0.6) is 0 Å². The molecule has 0 aliphatic heterocycles. The smallest absolute Gasteiger partial charge is 0.0184 e. The lowest BCUT2D eigenvalue weighted by Gasteiger charge is -2.35. The molecular weight excluding hydrogens is 156 g/mol. The van der Waals surface area contributed by atoms with Crippen molar-refractivity contribution in [1.82, 2.24) is 0 Å². The summed E-state index contributed by atoms with van der Waals surface area (Å²) in [7, 11) is 0. The molecule has 0 amide bonds. The molecule has 0 nitrogen and oxygen atoms in total. The molecular formula is C13H20. The fraction of sp³-hybridized carbons (Fsp3) is 1.00. The van der Waals surface area contributed by atoms with Crippen LogP contribution in [-0.2, 0) is 0 Å². The molecule has 72 valence electrons. The Balaban J connectivity index is 1.88. The molecule has 0 radical (unpaired) electrons. The summed E-state index contributed by atoms with van der Waals surface area (Å²) in [6, 6.07) is 0. The summed E-state index contributed by atoms with van der Waals surface area (Å²) >= 11 is 0. The van der Waals surface area contributed by atoms with Crippen LogP contribution in [0, 0.1) is 29.1 Å². The zero-order valence-electron chi connectivity index (χ0n) is 8.47. The van der Waals surface area contributed by atoms with Gasteiger partial charge in [0.05, 0.1) is 0 Å². The zero-order chi connectivity index (χ0) is 8.47. The molecule has 4 fully saturated rings. The molecule has 0 heteroatoms. The molecule has 4 saturated carbocycles. The molecule has 0 bridgehead atoms. The molecule has 13 heavy (non-hydrogen) atoms. The van der Waals surface area contributed by atoms with Gasteiger partial charge in [-0.3, -0.25) is 0 Å². The third kappa shape index (κ3) is 0.620. The van der Waals surface area contributed by atoms with Crippen molar-refractivity contribution in [1.29, 1.82) is 0 Å². The summed E-state index contributed by atoms with van der Waals surface area (Å²) < 4.78 is 0. The zero-order valence-corrected chi connectivity index (χ0v) is 8.47. The highest BCUT2D eigenvalue weighted by atomic mass is 14.7. The van der Waals surface area contributed by atoms with E-state index in [2.05, 4.69) is 0 Å². The van der Waals surface area contributed by atoms with Crippen LogP contribution in [0.1, 0.15) is 51.4 Å². The minimum absolute atomic E-state index is 0.944. The third-order valence-corrected chi connectivity index (χ3v) is 6.28. The Bertz CT molecular complexity index is 173. The fourth-order valence-corrected chi connectivity index (χ4v) is 6.19. The first-order valence-electron chi connectivity index (χ1n) is 6.42. The van der Waals surface area contributed by atoms with Crippen molar-refractivity contribution in [3.05, 3.63) is 0 Å². The molecule has 0 aromatic carbocycles. The van der Waals surface area contributed by atoms with Gasteiger partial charge in [-0.1, -0.05) is 0 Å². The SMILES string of the molecule is C1CC2CCC3CCC4CCC1C243. The van der Waals surface area contributed by atoms with E-state index in [1.54, 1.807) is 51.4 Å². The summed E-state index contributed by atoms with van der Waals surface area (Å²) in [5, 5.41) is 0. The minimum Gasteiger partial charge on any atom is -0.0496 e. The summed E-state index contributed by atoms with van der Waals surface area (Å²) in [6.07, 6.45) is 12.9. The third-order valence-electron chi connectivity index (χ3n) is 6.28. The molecule has 0 unspecified atom stereocenters. The van der Waals surface area contributed by atoms with Gasteiger partial charge in [-0.25, -0.2) is 0 Å². The van der Waals surface area contributed by atoms with Crippen LogP contribution in [0.15, 0.2) is 0 Å². The highest BCUT2D eigenvalue weighted by Crippen LogP contribution is 2.74. The second kappa shape index (κ2) is 2.15. The number of rotatable bonds is 0. The van der Waals surface area contributed by atoms with Gasteiger partial charge in [0, 0.05) is 0 Å². The van der Waals surface area contributed by atoms with E-state index >= 15 is 0 Å². The molecule has 0 N–H and O–H groups in total. The minimum atomic E-state index is 0.944. The van der Waals surface area contributed by atoms with Crippen LogP contribution in [0.3, 0.4) is 0 Å². The van der Waals surface area contributed by atoms with E-state index in [1.165, 1.54) is 23.7 Å². The van der Waals surface area contributed by atoms with Crippen molar-refractivity contribution in [2.45, 2.75) is 51.4 Å². The number of hydrogen-bond donors (Lipinski definition) is 0. The van der Waals surface area contributed by atoms with E-state index in [0.717, 1.165) is 5.41 Å². The normalized spacial score (nSPS) is 62.8. The van der Waals surface area contributed by atoms with Gasteiger partial charge in [-0.15, -0.1) is 0 Å². The Hall–Kier alpha value is 0. The first-order chi connectivity index (χ1) is 6.42. The van der Waals surface area contributed by atoms with Gasteiger partial charge in [-0.2, -0.15) is 0 Å². The van der Waals surface area contributed by atoms with Crippen molar-refractivity contribution < 1.29 is 0 Å². The van der Waals surface area contributed by atoms with E-state index in [-0.39, 0.29) is 0 Å². The van der Waals surface area contributed by atoms with Gasteiger partial charge in [0.2, 0.25) is 0 Å². The lowest BCUT2D eigenvalue weighted by atomic mass is 9.69. The Morgan fingerprint density at radius 2 is 0.692 bits per heavy atom. The van der Waals surface area contributed by atoms with E-state index < -0.39 is 0 Å². The monoisotopic (exact) mass is 176 g/mol.